The Morgan fingerprint density at radius 3 is 1.96 bits per heavy atom. The van der Waals surface area contributed by atoms with Gasteiger partial charge in [-0.3, -0.25) is 14.6 Å². The van der Waals surface area contributed by atoms with E-state index in [9.17, 15) is 14.4 Å². The zero-order chi connectivity index (χ0) is 19.3. The molecule has 1 aliphatic rings. The molecule has 0 bridgehead atoms. The lowest BCUT2D eigenvalue weighted by molar-refractivity contribution is -0.514. The van der Waals surface area contributed by atoms with Crippen LogP contribution in [-0.4, -0.2) is 28.9 Å². The van der Waals surface area contributed by atoms with Crippen LogP contribution in [0.1, 0.15) is 41.5 Å². The van der Waals surface area contributed by atoms with Crippen LogP contribution in [0.25, 0.3) is 0 Å². The van der Waals surface area contributed by atoms with Crippen molar-refractivity contribution >= 4 is 17.7 Å². The quantitative estimate of drug-likeness (QED) is 0.305. The van der Waals surface area contributed by atoms with E-state index in [1.807, 2.05) is 0 Å². The van der Waals surface area contributed by atoms with Crippen LogP contribution in [0.2, 0.25) is 0 Å². The molecule has 0 amide bonds. The van der Waals surface area contributed by atoms with E-state index in [4.69, 9.17) is 9.78 Å². The van der Waals surface area contributed by atoms with Gasteiger partial charge < -0.3 is 0 Å². The predicted molar refractivity (Wildman–Crippen MR) is 81.8 cm³/mol. The Morgan fingerprint density at radius 2 is 1.44 bits per heavy atom. The van der Waals surface area contributed by atoms with Crippen molar-refractivity contribution in [2.75, 3.05) is 0 Å². The van der Waals surface area contributed by atoms with Crippen LogP contribution >= 0.6 is 0 Å². The fraction of sp³-hybridized carbons (Fsp3) is 0.562. The monoisotopic (exact) mass is 358 g/mol. The van der Waals surface area contributed by atoms with Gasteiger partial charge in [0.1, 0.15) is 11.5 Å². The van der Waals surface area contributed by atoms with Gasteiger partial charge >= 0.3 is 11.9 Å². The van der Waals surface area contributed by atoms with E-state index < -0.39 is 40.4 Å². The third kappa shape index (κ3) is 7.57. The largest absolute Gasteiger partial charge is 0.380 e. The number of carbonyl (C=O) groups is 3. The van der Waals surface area contributed by atoms with E-state index >= 15 is 0 Å². The minimum absolute atomic E-state index is 0.404. The van der Waals surface area contributed by atoms with Crippen molar-refractivity contribution in [1.82, 2.24) is 0 Å². The van der Waals surface area contributed by atoms with Gasteiger partial charge in [-0.15, -0.1) is 0 Å². The number of hydrogen-bond acceptors (Lipinski definition) is 9. The lowest BCUT2D eigenvalue weighted by Gasteiger charge is -2.18. The lowest BCUT2D eigenvalue weighted by Crippen LogP contribution is -2.32. The van der Waals surface area contributed by atoms with Gasteiger partial charge in [-0.05, 0) is 57.7 Å². The van der Waals surface area contributed by atoms with Crippen molar-refractivity contribution in [3.8, 4) is 0 Å². The average molecular weight is 358 g/mol. The second-order valence-electron chi connectivity index (χ2n) is 7.11. The van der Waals surface area contributed by atoms with Gasteiger partial charge in [0.25, 0.3) is 0 Å². The first kappa shape index (κ1) is 21.0. The van der Waals surface area contributed by atoms with Gasteiger partial charge in [0.2, 0.25) is 0 Å². The van der Waals surface area contributed by atoms with Crippen LogP contribution in [0, 0.1) is 5.92 Å². The first-order valence-corrected chi connectivity index (χ1v) is 7.46. The minimum atomic E-state index is -1.38. The van der Waals surface area contributed by atoms with Crippen LogP contribution in [0.5, 0.6) is 0 Å². The Hall–Kier alpha value is -2.07. The minimum Gasteiger partial charge on any atom is -0.293 e. The number of allylic oxidation sites excluding steroid dienone is 2. The topological polar surface area (TPSA) is 107 Å². The Morgan fingerprint density at radius 1 is 0.920 bits per heavy atom. The van der Waals surface area contributed by atoms with Crippen LogP contribution in [-0.2, 0) is 44.0 Å². The molecule has 0 N–H and O–H groups in total. The molecule has 0 saturated heterocycles. The standard InChI is InChI=1S/C16H22O9/c1-15(2,3)22-24-20-13(18)10-8-7-9-11(12(10)17)14(19)21-25-23-16(4,5)6/h7-10H,1-6H3. The van der Waals surface area contributed by atoms with Gasteiger partial charge in [0.15, 0.2) is 5.78 Å². The van der Waals surface area contributed by atoms with E-state index in [-0.39, 0.29) is 0 Å². The molecule has 1 unspecified atom stereocenters. The van der Waals surface area contributed by atoms with Gasteiger partial charge in [0, 0.05) is 0 Å². The Bertz CT molecular complexity index is 575. The Balaban J connectivity index is 2.58. The van der Waals surface area contributed by atoms with Crippen molar-refractivity contribution < 1.29 is 44.0 Å². The molecule has 0 heterocycles. The smallest absolute Gasteiger partial charge is 0.293 e. The molecule has 0 aromatic carbocycles. The molecule has 1 aliphatic carbocycles. The van der Waals surface area contributed by atoms with Crippen molar-refractivity contribution in [1.29, 1.82) is 0 Å². The fourth-order valence-electron chi connectivity index (χ4n) is 1.35. The van der Waals surface area contributed by atoms with Gasteiger partial charge in [0.05, 0.1) is 11.2 Å². The van der Waals surface area contributed by atoms with Crippen LogP contribution < -0.4 is 0 Å². The van der Waals surface area contributed by atoms with Crippen LogP contribution in [0.3, 0.4) is 0 Å². The molecule has 140 valence electrons. The summed E-state index contributed by atoms with van der Waals surface area (Å²) in [5.41, 5.74) is -1.84. The highest BCUT2D eigenvalue weighted by molar-refractivity contribution is 6.23. The highest BCUT2D eigenvalue weighted by Crippen LogP contribution is 2.19. The van der Waals surface area contributed by atoms with E-state index in [1.165, 1.54) is 18.2 Å². The van der Waals surface area contributed by atoms with E-state index in [1.54, 1.807) is 41.5 Å². The van der Waals surface area contributed by atoms with Gasteiger partial charge in [-0.25, -0.2) is 9.59 Å². The second kappa shape index (κ2) is 8.34. The van der Waals surface area contributed by atoms with Crippen molar-refractivity contribution in [2.45, 2.75) is 52.7 Å². The summed E-state index contributed by atoms with van der Waals surface area (Å²) in [4.78, 5) is 54.3. The molecule has 0 aromatic heterocycles. The first-order chi connectivity index (χ1) is 11.4. The molecule has 1 atom stereocenters. The van der Waals surface area contributed by atoms with E-state index in [0.717, 1.165) is 0 Å². The van der Waals surface area contributed by atoms with Crippen LogP contribution in [0.4, 0.5) is 0 Å². The van der Waals surface area contributed by atoms with Gasteiger partial charge in [-0.2, -0.15) is 9.78 Å². The first-order valence-electron chi connectivity index (χ1n) is 7.46. The summed E-state index contributed by atoms with van der Waals surface area (Å²) in [5.74, 6) is -4.37. The van der Waals surface area contributed by atoms with E-state index in [2.05, 4.69) is 19.9 Å². The summed E-state index contributed by atoms with van der Waals surface area (Å²) in [6.07, 6.45) is 3.76. The van der Waals surface area contributed by atoms with Crippen molar-refractivity contribution in [2.24, 2.45) is 5.92 Å². The van der Waals surface area contributed by atoms with Gasteiger partial charge in [-0.1, -0.05) is 12.2 Å². The van der Waals surface area contributed by atoms with Crippen LogP contribution in [0.15, 0.2) is 23.8 Å². The third-order valence-corrected chi connectivity index (χ3v) is 2.38. The zero-order valence-electron chi connectivity index (χ0n) is 15.0. The molecule has 0 aromatic rings. The Labute approximate surface area is 145 Å². The third-order valence-electron chi connectivity index (χ3n) is 2.38. The molecule has 0 radical (unpaired) electrons. The maximum Gasteiger partial charge on any atom is 0.380 e. The average Bonchev–Trinajstić information content (AvgIpc) is 2.44. The molecule has 0 saturated carbocycles. The summed E-state index contributed by atoms with van der Waals surface area (Å²) >= 11 is 0. The number of ketones is 1. The SMILES string of the molecule is CC(C)(C)OOOC(=O)C1=CC=CC(C(=O)OOOC(C)(C)C)C1=O. The summed E-state index contributed by atoms with van der Waals surface area (Å²) in [6.45, 7) is 10.0. The normalized spacial score (nSPS) is 17.9. The molecule has 0 aliphatic heterocycles. The molecule has 0 spiro atoms. The highest BCUT2D eigenvalue weighted by atomic mass is 17.5. The maximum atomic E-state index is 12.2. The van der Waals surface area contributed by atoms with Crippen molar-refractivity contribution in [3.05, 3.63) is 23.8 Å². The molecular weight excluding hydrogens is 336 g/mol. The molecular formula is C16H22O9. The maximum absolute atomic E-state index is 12.2. The molecule has 25 heavy (non-hydrogen) atoms. The summed E-state index contributed by atoms with van der Waals surface area (Å²) in [6, 6.07) is 0. The number of Topliss-reactive ketones (excluding diaryl/α,β-unsaturated/α-hetero) is 1. The highest BCUT2D eigenvalue weighted by Gasteiger charge is 2.35. The zero-order valence-corrected chi connectivity index (χ0v) is 15.0. The van der Waals surface area contributed by atoms with E-state index in [0.29, 0.717) is 0 Å². The lowest BCUT2D eigenvalue weighted by atomic mass is 9.93. The summed E-state index contributed by atoms with van der Waals surface area (Å²) < 4.78 is 0. The Kier molecular flexibility index (Phi) is 7.00. The number of carbonyl (C=O) groups excluding carboxylic acids is 3. The predicted octanol–water partition coefficient (Wildman–Crippen LogP) is 2.08. The number of rotatable bonds is 6. The van der Waals surface area contributed by atoms with Crippen molar-refractivity contribution in [3.63, 3.8) is 0 Å². The molecule has 9 nitrogen and oxygen atoms in total. The summed E-state index contributed by atoms with van der Waals surface area (Å²) in [5, 5.41) is 8.68. The molecule has 1 rings (SSSR count). The fourth-order valence-corrected chi connectivity index (χ4v) is 1.35. The number of hydrogen-bond donors (Lipinski definition) is 0. The second-order valence-corrected chi connectivity index (χ2v) is 7.11. The molecule has 0 fully saturated rings. The summed E-state index contributed by atoms with van der Waals surface area (Å²) in [7, 11) is 0. The molecule has 9 heteroatoms.